The topological polar surface area (TPSA) is 29.3 Å². The van der Waals surface area contributed by atoms with E-state index in [-0.39, 0.29) is 5.54 Å². The van der Waals surface area contributed by atoms with Crippen molar-refractivity contribution in [3.8, 4) is 0 Å². The monoisotopic (exact) mass is 252 g/mol. The van der Waals surface area contributed by atoms with Gasteiger partial charge in [-0.3, -0.25) is 0 Å². The van der Waals surface area contributed by atoms with Crippen molar-refractivity contribution < 1.29 is 0 Å². The maximum absolute atomic E-state index is 6.57. The first-order valence-corrected chi connectivity index (χ1v) is 8.26. The second-order valence-electron chi connectivity index (χ2n) is 6.65. The molecule has 0 bridgehead atoms. The van der Waals surface area contributed by atoms with Crippen LogP contribution in [0.3, 0.4) is 0 Å². The van der Waals surface area contributed by atoms with Crippen molar-refractivity contribution in [3.05, 3.63) is 0 Å². The van der Waals surface area contributed by atoms with Gasteiger partial charge in [-0.05, 0) is 45.1 Å². The van der Waals surface area contributed by atoms with Crippen molar-refractivity contribution in [3.63, 3.8) is 0 Å². The van der Waals surface area contributed by atoms with E-state index in [0.29, 0.717) is 0 Å². The van der Waals surface area contributed by atoms with Gasteiger partial charge < -0.3 is 10.6 Å². The molecule has 1 heterocycles. The number of rotatable bonds is 5. The Bertz CT molecular complexity index is 231. The van der Waals surface area contributed by atoms with Crippen LogP contribution in [0.1, 0.15) is 77.6 Å². The first-order chi connectivity index (χ1) is 8.73. The lowest BCUT2D eigenvalue weighted by molar-refractivity contribution is 0.120. The zero-order chi connectivity index (χ0) is 12.8. The molecule has 0 spiro atoms. The Morgan fingerprint density at radius 2 is 1.89 bits per heavy atom. The fourth-order valence-electron chi connectivity index (χ4n) is 3.89. The molecule has 2 nitrogen and oxygen atoms in total. The van der Waals surface area contributed by atoms with Gasteiger partial charge in [-0.25, -0.2) is 0 Å². The molecule has 106 valence electrons. The molecule has 2 rings (SSSR count). The second kappa shape index (κ2) is 6.91. The number of piperidine rings is 1. The molecule has 0 aromatic heterocycles. The molecule has 2 fully saturated rings. The maximum Gasteiger partial charge on any atom is 0.0166 e. The Morgan fingerprint density at radius 3 is 2.61 bits per heavy atom. The Hall–Kier alpha value is -0.0800. The van der Waals surface area contributed by atoms with Crippen LogP contribution in [0.4, 0.5) is 0 Å². The minimum Gasteiger partial charge on any atom is -0.325 e. The highest BCUT2D eigenvalue weighted by Crippen LogP contribution is 2.30. The van der Waals surface area contributed by atoms with E-state index < -0.39 is 0 Å². The molecule has 1 unspecified atom stereocenters. The van der Waals surface area contributed by atoms with Crippen molar-refractivity contribution in [2.24, 2.45) is 5.73 Å². The Labute approximate surface area is 113 Å². The Kier molecular flexibility index (Phi) is 5.50. The molecule has 2 N–H and O–H groups in total. The van der Waals surface area contributed by atoms with Gasteiger partial charge in [0.1, 0.15) is 0 Å². The van der Waals surface area contributed by atoms with Crippen LogP contribution in [0.5, 0.6) is 0 Å². The first-order valence-electron chi connectivity index (χ1n) is 8.26. The summed E-state index contributed by atoms with van der Waals surface area (Å²) in [5.41, 5.74) is 6.74. The summed E-state index contributed by atoms with van der Waals surface area (Å²) in [5.74, 6) is 0. The second-order valence-corrected chi connectivity index (χ2v) is 6.65. The van der Waals surface area contributed by atoms with Crippen molar-refractivity contribution in [2.75, 3.05) is 13.1 Å². The summed E-state index contributed by atoms with van der Waals surface area (Å²) >= 11 is 0. The van der Waals surface area contributed by atoms with E-state index in [4.69, 9.17) is 5.73 Å². The number of nitrogens with zero attached hydrogens (tertiary/aromatic N) is 1. The molecule has 18 heavy (non-hydrogen) atoms. The van der Waals surface area contributed by atoms with E-state index in [1.165, 1.54) is 83.7 Å². The molecule has 1 aliphatic carbocycles. The molecule has 1 saturated carbocycles. The van der Waals surface area contributed by atoms with Crippen LogP contribution in [-0.2, 0) is 0 Å². The Balaban J connectivity index is 1.79. The van der Waals surface area contributed by atoms with Crippen molar-refractivity contribution in [2.45, 2.75) is 89.1 Å². The summed E-state index contributed by atoms with van der Waals surface area (Å²) in [7, 11) is 0. The largest absolute Gasteiger partial charge is 0.325 e. The van der Waals surface area contributed by atoms with Crippen LogP contribution in [0, 0.1) is 0 Å². The lowest BCUT2D eigenvalue weighted by Crippen LogP contribution is -2.47. The molecular weight excluding hydrogens is 220 g/mol. The zero-order valence-electron chi connectivity index (χ0n) is 12.3. The number of likely N-dealkylation sites (tertiary alicyclic amines) is 1. The minimum absolute atomic E-state index is 0.173. The van der Waals surface area contributed by atoms with Gasteiger partial charge in [-0.15, -0.1) is 0 Å². The lowest BCUT2D eigenvalue weighted by Gasteiger charge is -2.40. The van der Waals surface area contributed by atoms with E-state index in [1.54, 1.807) is 0 Å². The van der Waals surface area contributed by atoms with Crippen LogP contribution in [0.2, 0.25) is 0 Å². The molecule has 2 aliphatic rings. The van der Waals surface area contributed by atoms with E-state index in [9.17, 15) is 0 Å². The quantitative estimate of drug-likeness (QED) is 0.808. The van der Waals surface area contributed by atoms with Crippen LogP contribution in [0.25, 0.3) is 0 Å². The fourth-order valence-corrected chi connectivity index (χ4v) is 3.89. The van der Waals surface area contributed by atoms with Gasteiger partial charge in [-0.1, -0.05) is 39.0 Å². The van der Waals surface area contributed by atoms with Gasteiger partial charge in [0.2, 0.25) is 0 Å². The number of nitrogens with two attached hydrogens (primary N) is 1. The maximum atomic E-state index is 6.57. The summed E-state index contributed by atoms with van der Waals surface area (Å²) in [5, 5.41) is 0. The van der Waals surface area contributed by atoms with Crippen molar-refractivity contribution in [1.82, 2.24) is 4.90 Å². The Morgan fingerprint density at radius 1 is 1.11 bits per heavy atom. The predicted molar refractivity (Wildman–Crippen MR) is 78.7 cm³/mol. The highest BCUT2D eigenvalue weighted by molar-refractivity contribution is 4.89. The van der Waals surface area contributed by atoms with E-state index in [0.717, 1.165) is 6.04 Å². The number of hydrogen-bond acceptors (Lipinski definition) is 2. The summed E-state index contributed by atoms with van der Waals surface area (Å²) in [4.78, 5) is 2.75. The van der Waals surface area contributed by atoms with E-state index >= 15 is 0 Å². The minimum atomic E-state index is 0.173. The molecule has 0 radical (unpaired) electrons. The predicted octanol–water partition coefficient (Wildman–Crippen LogP) is 3.69. The molecule has 2 heteroatoms. The van der Waals surface area contributed by atoms with Gasteiger partial charge in [0.15, 0.2) is 0 Å². The normalized spacial score (nSPS) is 29.3. The lowest BCUT2D eigenvalue weighted by atomic mass is 9.80. The summed E-state index contributed by atoms with van der Waals surface area (Å²) in [6.07, 6.45) is 14.8. The summed E-state index contributed by atoms with van der Waals surface area (Å²) < 4.78 is 0. The highest BCUT2D eigenvalue weighted by atomic mass is 15.2. The molecule has 0 aromatic carbocycles. The van der Waals surface area contributed by atoms with Gasteiger partial charge in [-0.2, -0.15) is 0 Å². The summed E-state index contributed by atoms with van der Waals surface area (Å²) in [6, 6.07) is 0.857. The van der Waals surface area contributed by atoms with Gasteiger partial charge in [0.05, 0.1) is 0 Å². The molecular formula is C16H32N2. The standard InChI is InChI=1S/C16H32N2/c1-2-8-15-9-4-7-13-18(15)14-12-16(17)10-5-3-6-11-16/h15H,2-14,17H2,1H3. The van der Waals surface area contributed by atoms with Crippen LogP contribution in [0.15, 0.2) is 0 Å². The fraction of sp³-hybridized carbons (Fsp3) is 1.00. The third-order valence-electron chi connectivity index (χ3n) is 5.12. The SMILES string of the molecule is CCCC1CCCCN1CCC1(N)CCCCC1. The molecule has 1 saturated heterocycles. The molecule has 0 aromatic rings. The molecule has 1 atom stereocenters. The smallest absolute Gasteiger partial charge is 0.0166 e. The van der Waals surface area contributed by atoms with E-state index in [2.05, 4.69) is 11.8 Å². The third kappa shape index (κ3) is 3.96. The van der Waals surface area contributed by atoms with Gasteiger partial charge in [0, 0.05) is 18.1 Å². The molecule has 0 amide bonds. The van der Waals surface area contributed by atoms with Crippen LogP contribution < -0.4 is 5.73 Å². The highest BCUT2D eigenvalue weighted by Gasteiger charge is 2.29. The number of hydrogen-bond donors (Lipinski definition) is 1. The third-order valence-corrected chi connectivity index (χ3v) is 5.12. The van der Waals surface area contributed by atoms with Crippen LogP contribution >= 0.6 is 0 Å². The molecule has 1 aliphatic heterocycles. The van der Waals surface area contributed by atoms with Crippen LogP contribution in [-0.4, -0.2) is 29.6 Å². The van der Waals surface area contributed by atoms with Gasteiger partial charge >= 0.3 is 0 Å². The van der Waals surface area contributed by atoms with E-state index in [1.807, 2.05) is 0 Å². The summed E-state index contributed by atoms with van der Waals surface area (Å²) in [6.45, 7) is 4.89. The average Bonchev–Trinajstić information content (AvgIpc) is 2.39. The zero-order valence-corrected chi connectivity index (χ0v) is 12.3. The van der Waals surface area contributed by atoms with Crippen molar-refractivity contribution >= 4 is 0 Å². The average molecular weight is 252 g/mol. The van der Waals surface area contributed by atoms with Crippen molar-refractivity contribution in [1.29, 1.82) is 0 Å². The first kappa shape index (κ1) is 14.3. The van der Waals surface area contributed by atoms with Gasteiger partial charge in [0.25, 0.3) is 0 Å².